The topological polar surface area (TPSA) is 46.6 Å². The molecule has 0 radical (unpaired) electrons. The smallest absolute Gasteiger partial charge is 0.227 e. The van der Waals surface area contributed by atoms with Gasteiger partial charge in [0, 0.05) is 24.2 Å². The summed E-state index contributed by atoms with van der Waals surface area (Å²) in [6.45, 7) is 5.43. The molecule has 0 aliphatic rings. The number of ether oxygens (including phenoxy) is 1. The summed E-state index contributed by atoms with van der Waals surface area (Å²) in [5.41, 5.74) is 1.34. The zero-order valence-corrected chi connectivity index (χ0v) is 12.2. The molecule has 0 heterocycles. The summed E-state index contributed by atoms with van der Waals surface area (Å²) < 4.78 is 5.24. The van der Waals surface area contributed by atoms with Gasteiger partial charge in [-0.15, -0.1) is 0 Å². The van der Waals surface area contributed by atoms with Gasteiger partial charge in [-0.3, -0.25) is 9.59 Å². The van der Waals surface area contributed by atoms with Crippen molar-refractivity contribution < 1.29 is 14.3 Å². The number of Topliss-reactive ketones (excluding diaryl/α,β-unsaturated/α-hetero) is 1. The molecule has 0 bridgehead atoms. The summed E-state index contributed by atoms with van der Waals surface area (Å²) in [5, 5.41) is 0. The highest BCUT2D eigenvalue weighted by Crippen LogP contribution is 2.21. The standard InChI is InChI=1S/C15H21NO3/c1-10(2)16(4)15(18)9-13-8-12(11(3)17)6-7-14(13)19-5/h6-8,10H,9H2,1-5H3. The van der Waals surface area contributed by atoms with Gasteiger partial charge in [0.15, 0.2) is 5.78 Å². The number of carbonyl (C=O) groups is 2. The van der Waals surface area contributed by atoms with Crippen LogP contribution in [0.5, 0.6) is 5.75 Å². The van der Waals surface area contributed by atoms with E-state index in [0.717, 1.165) is 5.56 Å². The summed E-state index contributed by atoms with van der Waals surface area (Å²) in [4.78, 5) is 25.2. The fourth-order valence-corrected chi connectivity index (χ4v) is 1.71. The molecule has 0 saturated heterocycles. The average molecular weight is 263 g/mol. The number of hydrogen-bond acceptors (Lipinski definition) is 3. The van der Waals surface area contributed by atoms with Crippen LogP contribution in [0.2, 0.25) is 0 Å². The maximum atomic E-state index is 12.1. The predicted molar refractivity (Wildman–Crippen MR) is 74.6 cm³/mol. The number of nitrogens with zero attached hydrogens (tertiary/aromatic N) is 1. The summed E-state index contributed by atoms with van der Waals surface area (Å²) in [6.07, 6.45) is 0.235. The molecule has 4 nitrogen and oxygen atoms in total. The fraction of sp³-hybridized carbons (Fsp3) is 0.467. The molecule has 0 aromatic heterocycles. The minimum Gasteiger partial charge on any atom is -0.496 e. The van der Waals surface area contributed by atoms with Crippen molar-refractivity contribution in [2.45, 2.75) is 33.2 Å². The van der Waals surface area contributed by atoms with Crippen LogP contribution in [0.25, 0.3) is 0 Å². The molecular formula is C15H21NO3. The van der Waals surface area contributed by atoms with Gasteiger partial charge in [-0.2, -0.15) is 0 Å². The van der Waals surface area contributed by atoms with Crippen LogP contribution in [0.1, 0.15) is 36.7 Å². The monoisotopic (exact) mass is 263 g/mol. The third-order valence-electron chi connectivity index (χ3n) is 3.20. The van der Waals surface area contributed by atoms with Gasteiger partial charge in [-0.25, -0.2) is 0 Å². The van der Waals surface area contributed by atoms with Gasteiger partial charge in [0.2, 0.25) is 5.91 Å². The molecule has 4 heteroatoms. The van der Waals surface area contributed by atoms with Crippen LogP contribution in [0, 0.1) is 0 Å². The van der Waals surface area contributed by atoms with E-state index < -0.39 is 0 Å². The van der Waals surface area contributed by atoms with Crippen molar-refractivity contribution in [1.29, 1.82) is 0 Å². The predicted octanol–water partition coefficient (Wildman–Crippen LogP) is 2.31. The summed E-state index contributed by atoms with van der Waals surface area (Å²) >= 11 is 0. The second-order valence-corrected chi connectivity index (χ2v) is 4.86. The van der Waals surface area contributed by atoms with E-state index in [9.17, 15) is 9.59 Å². The van der Waals surface area contributed by atoms with Gasteiger partial charge < -0.3 is 9.64 Å². The van der Waals surface area contributed by atoms with Crippen LogP contribution in [-0.4, -0.2) is 36.8 Å². The molecule has 0 N–H and O–H groups in total. The van der Waals surface area contributed by atoms with Crippen molar-refractivity contribution in [2.75, 3.05) is 14.2 Å². The normalized spacial score (nSPS) is 10.4. The average Bonchev–Trinajstić information content (AvgIpc) is 2.37. The van der Waals surface area contributed by atoms with Gasteiger partial charge in [-0.05, 0) is 39.0 Å². The third kappa shape index (κ3) is 3.81. The second-order valence-electron chi connectivity index (χ2n) is 4.86. The molecule has 1 aromatic rings. The molecule has 0 fully saturated rings. The molecule has 0 saturated carbocycles. The van der Waals surface area contributed by atoms with Gasteiger partial charge in [-0.1, -0.05) is 0 Å². The van der Waals surface area contributed by atoms with Crippen LogP contribution < -0.4 is 4.74 Å². The Kier molecular flexibility index (Phi) is 5.10. The molecule has 1 aromatic carbocycles. The Morgan fingerprint density at radius 2 is 1.95 bits per heavy atom. The second kappa shape index (κ2) is 6.36. The van der Waals surface area contributed by atoms with Crippen LogP contribution in [-0.2, 0) is 11.2 Å². The first-order valence-corrected chi connectivity index (χ1v) is 6.30. The van der Waals surface area contributed by atoms with Gasteiger partial charge in [0.25, 0.3) is 0 Å². The quantitative estimate of drug-likeness (QED) is 0.766. The molecule has 19 heavy (non-hydrogen) atoms. The first-order chi connectivity index (χ1) is 8.86. The largest absolute Gasteiger partial charge is 0.496 e. The van der Waals surface area contributed by atoms with Crippen molar-refractivity contribution >= 4 is 11.7 Å². The van der Waals surface area contributed by atoms with E-state index >= 15 is 0 Å². The maximum absolute atomic E-state index is 12.1. The molecule has 0 spiro atoms. The van der Waals surface area contributed by atoms with Gasteiger partial charge >= 0.3 is 0 Å². The maximum Gasteiger partial charge on any atom is 0.227 e. The molecule has 0 aliphatic carbocycles. The number of rotatable bonds is 5. The summed E-state index contributed by atoms with van der Waals surface area (Å²) in [7, 11) is 3.33. The van der Waals surface area contributed by atoms with E-state index in [1.165, 1.54) is 6.92 Å². The first kappa shape index (κ1) is 15.2. The van der Waals surface area contributed by atoms with Crippen LogP contribution in [0.4, 0.5) is 0 Å². The van der Waals surface area contributed by atoms with Crippen molar-refractivity contribution in [3.63, 3.8) is 0 Å². The third-order valence-corrected chi connectivity index (χ3v) is 3.20. The number of amides is 1. The minimum absolute atomic E-state index is 0.00834. The number of hydrogen-bond donors (Lipinski definition) is 0. The highest BCUT2D eigenvalue weighted by atomic mass is 16.5. The molecular weight excluding hydrogens is 242 g/mol. The van der Waals surface area contributed by atoms with Crippen molar-refractivity contribution in [3.8, 4) is 5.75 Å². The van der Waals surface area contributed by atoms with Crippen molar-refractivity contribution in [2.24, 2.45) is 0 Å². The SMILES string of the molecule is COc1ccc(C(C)=O)cc1CC(=O)N(C)C(C)C. The molecule has 1 rings (SSSR count). The van der Waals surface area contributed by atoms with E-state index in [4.69, 9.17) is 4.74 Å². The zero-order chi connectivity index (χ0) is 14.6. The minimum atomic E-state index is -0.0198. The Labute approximate surface area is 114 Å². The molecule has 1 amide bonds. The van der Waals surface area contributed by atoms with Crippen LogP contribution >= 0.6 is 0 Å². The number of methoxy groups -OCH3 is 1. The van der Waals surface area contributed by atoms with Gasteiger partial charge in [0.1, 0.15) is 5.75 Å². The van der Waals surface area contributed by atoms with E-state index in [0.29, 0.717) is 11.3 Å². The number of likely N-dealkylation sites (N-methyl/N-ethyl adjacent to an activating group) is 1. The molecule has 0 atom stereocenters. The highest BCUT2D eigenvalue weighted by molar-refractivity contribution is 5.94. The number of carbonyl (C=O) groups excluding carboxylic acids is 2. The van der Waals surface area contributed by atoms with Crippen LogP contribution in [0.3, 0.4) is 0 Å². The number of benzene rings is 1. The summed E-state index contributed by atoms with van der Waals surface area (Å²) in [6, 6.07) is 5.32. The van der Waals surface area contributed by atoms with E-state index in [1.54, 1.807) is 37.3 Å². The molecule has 0 aliphatic heterocycles. The van der Waals surface area contributed by atoms with Crippen molar-refractivity contribution in [3.05, 3.63) is 29.3 Å². The Morgan fingerprint density at radius 3 is 2.42 bits per heavy atom. The van der Waals surface area contributed by atoms with Gasteiger partial charge in [0.05, 0.1) is 13.5 Å². The molecule has 104 valence electrons. The van der Waals surface area contributed by atoms with E-state index in [2.05, 4.69) is 0 Å². The Bertz CT molecular complexity index is 480. The lowest BCUT2D eigenvalue weighted by Gasteiger charge is -2.22. The zero-order valence-electron chi connectivity index (χ0n) is 12.2. The van der Waals surface area contributed by atoms with E-state index in [1.807, 2.05) is 13.8 Å². The Hall–Kier alpha value is -1.84. The van der Waals surface area contributed by atoms with E-state index in [-0.39, 0.29) is 24.2 Å². The lowest BCUT2D eigenvalue weighted by molar-refractivity contribution is -0.130. The fourth-order valence-electron chi connectivity index (χ4n) is 1.71. The van der Waals surface area contributed by atoms with Crippen molar-refractivity contribution in [1.82, 2.24) is 4.90 Å². The first-order valence-electron chi connectivity index (χ1n) is 6.30. The number of ketones is 1. The van der Waals surface area contributed by atoms with Crippen LogP contribution in [0.15, 0.2) is 18.2 Å². The Morgan fingerprint density at radius 1 is 1.32 bits per heavy atom. The summed E-state index contributed by atoms with van der Waals surface area (Å²) in [5.74, 6) is 0.623. The lowest BCUT2D eigenvalue weighted by atomic mass is 10.0. The Balaban J connectivity index is 3.01. The lowest BCUT2D eigenvalue weighted by Crippen LogP contribution is -2.34. The highest BCUT2D eigenvalue weighted by Gasteiger charge is 2.16. The molecule has 0 unspecified atom stereocenters.